The van der Waals surface area contributed by atoms with Gasteiger partial charge < -0.3 is 14.2 Å². The Morgan fingerprint density at radius 3 is 2.61 bits per heavy atom. The highest BCUT2D eigenvalue weighted by atomic mass is 16.5. The maximum absolute atomic E-state index is 9.44. The summed E-state index contributed by atoms with van der Waals surface area (Å²) in [5.41, 5.74) is 5.96. The van der Waals surface area contributed by atoms with E-state index >= 15 is 0 Å². The number of aromatic nitrogens is 2. The molecule has 0 spiro atoms. The van der Waals surface area contributed by atoms with E-state index in [2.05, 4.69) is 59.9 Å². The first-order valence-electron chi connectivity index (χ1n) is 10.3. The molecule has 2 aromatic heterocycles. The van der Waals surface area contributed by atoms with Crippen molar-refractivity contribution in [2.45, 2.75) is 19.5 Å². The Hall–Kier alpha value is -3.62. The van der Waals surface area contributed by atoms with Crippen molar-refractivity contribution in [3.8, 4) is 34.1 Å². The van der Waals surface area contributed by atoms with Gasteiger partial charge in [0.05, 0.1) is 18.7 Å². The van der Waals surface area contributed by atoms with Gasteiger partial charge in [0.25, 0.3) is 0 Å². The number of methoxy groups -OCH3 is 1. The van der Waals surface area contributed by atoms with Crippen LogP contribution in [0.25, 0.3) is 33.2 Å². The Morgan fingerprint density at radius 2 is 1.87 bits per heavy atom. The number of rotatable bonds is 6. The molecule has 0 bridgehead atoms. The van der Waals surface area contributed by atoms with E-state index in [-0.39, 0.29) is 0 Å². The van der Waals surface area contributed by atoms with Crippen LogP contribution in [-0.4, -0.2) is 41.7 Å². The van der Waals surface area contributed by atoms with Crippen LogP contribution >= 0.6 is 0 Å². The smallest absolute Gasteiger partial charge is 0.119 e. The predicted molar refractivity (Wildman–Crippen MR) is 125 cm³/mol. The minimum atomic E-state index is 0.375. The van der Waals surface area contributed by atoms with E-state index in [1.165, 1.54) is 0 Å². The number of ether oxygens (including phenoxy) is 1. The monoisotopic (exact) mass is 410 g/mol. The van der Waals surface area contributed by atoms with Crippen molar-refractivity contribution in [1.29, 1.82) is 5.26 Å². The van der Waals surface area contributed by atoms with E-state index in [0.717, 1.165) is 45.5 Å². The van der Waals surface area contributed by atoms with Crippen molar-refractivity contribution >= 4 is 10.9 Å². The molecule has 5 nitrogen and oxygen atoms in total. The van der Waals surface area contributed by atoms with Gasteiger partial charge in [-0.05, 0) is 63.0 Å². The summed E-state index contributed by atoms with van der Waals surface area (Å²) < 4.78 is 7.65. The molecule has 1 unspecified atom stereocenters. The molecule has 5 heteroatoms. The van der Waals surface area contributed by atoms with Gasteiger partial charge in [-0.15, -0.1) is 0 Å². The SMILES string of the molecule is COc1cccc(-c2cncc(-c3cn(CC(C)N(C)C)c4ccc(C#N)cc34)c2)c1. The molecule has 4 rings (SSSR count). The quantitative estimate of drug-likeness (QED) is 0.438. The third kappa shape index (κ3) is 4.16. The Morgan fingerprint density at radius 1 is 1.06 bits per heavy atom. The molecule has 2 aromatic carbocycles. The molecule has 0 fully saturated rings. The van der Waals surface area contributed by atoms with Gasteiger partial charge in [0, 0.05) is 58.8 Å². The average molecular weight is 411 g/mol. The van der Waals surface area contributed by atoms with Gasteiger partial charge in [-0.1, -0.05) is 12.1 Å². The van der Waals surface area contributed by atoms with Gasteiger partial charge in [-0.25, -0.2) is 0 Å². The molecular formula is C26H26N4O. The summed E-state index contributed by atoms with van der Waals surface area (Å²) in [7, 11) is 5.85. The van der Waals surface area contributed by atoms with E-state index in [9.17, 15) is 5.26 Å². The summed E-state index contributed by atoms with van der Waals surface area (Å²) in [4.78, 5) is 6.73. The second kappa shape index (κ2) is 8.63. The van der Waals surface area contributed by atoms with Gasteiger partial charge in [0.15, 0.2) is 0 Å². The van der Waals surface area contributed by atoms with Crippen LogP contribution < -0.4 is 4.74 Å². The van der Waals surface area contributed by atoms with Crippen molar-refractivity contribution in [3.63, 3.8) is 0 Å². The molecule has 4 aromatic rings. The molecule has 31 heavy (non-hydrogen) atoms. The van der Waals surface area contributed by atoms with E-state index in [0.29, 0.717) is 11.6 Å². The molecule has 0 aliphatic heterocycles. The van der Waals surface area contributed by atoms with Crippen molar-refractivity contribution in [2.24, 2.45) is 0 Å². The summed E-state index contributed by atoms with van der Waals surface area (Å²) in [6.45, 7) is 3.07. The number of hydrogen-bond donors (Lipinski definition) is 0. The molecule has 156 valence electrons. The van der Waals surface area contributed by atoms with Crippen molar-refractivity contribution < 1.29 is 4.74 Å². The first-order valence-corrected chi connectivity index (χ1v) is 10.3. The predicted octanol–water partition coefficient (Wildman–Crippen LogP) is 5.20. The molecule has 0 saturated heterocycles. The summed E-state index contributed by atoms with van der Waals surface area (Å²) in [6.07, 6.45) is 5.93. The summed E-state index contributed by atoms with van der Waals surface area (Å²) >= 11 is 0. The highest BCUT2D eigenvalue weighted by Crippen LogP contribution is 2.34. The van der Waals surface area contributed by atoms with Crippen LogP contribution in [0.1, 0.15) is 12.5 Å². The number of fused-ring (bicyclic) bond motifs is 1. The maximum atomic E-state index is 9.44. The number of likely N-dealkylation sites (N-methyl/N-ethyl adjacent to an activating group) is 1. The standard InChI is InChI=1S/C26H26N4O/c1-18(29(2)3)16-30-17-25(24-10-19(13-27)8-9-26(24)30)22-11-21(14-28-15-22)20-6-5-7-23(12-20)31-4/h5-12,14-15,17-18H,16H2,1-4H3. The lowest BCUT2D eigenvalue weighted by molar-refractivity contribution is 0.286. The summed E-state index contributed by atoms with van der Waals surface area (Å²) in [5, 5.41) is 10.5. The van der Waals surface area contributed by atoms with Crippen LogP contribution in [0, 0.1) is 11.3 Å². The molecule has 0 N–H and O–H groups in total. The molecule has 0 radical (unpaired) electrons. The highest BCUT2D eigenvalue weighted by Gasteiger charge is 2.15. The van der Waals surface area contributed by atoms with E-state index in [4.69, 9.17) is 4.74 Å². The lowest BCUT2D eigenvalue weighted by Gasteiger charge is -2.20. The fraction of sp³-hybridized carbons (Fsp3) is 0.231. The van der Waals surface area contributed by atoms with Crippen LogP contribution in [0.2, 0.25) is 0 Å². The molecule has 0 amide bonds. The molecule has 1 atom stereocenters. The normalized spacial score (nSPS) is 12.1. The molecule has 0 aliphatic rings. The molecule has 2 heterocycles. The Labute approximate surface area is 183 Å². The van der Waals surface area contributed by atoms with Gasteiger partial charge in [-0.3, -0.25) is 4.98 Å². The number of pyridine rings is 1. The Kier molecular flexibility index (Phi) is 5.75. The molecular weight excluding hydrogens is 384 g/mol. The highest BCUT2D eigenvalue weighted by molar-refractivity contribution is 5.97. The second-order valence-electron chi connectivity index (χ2n) is 8.05. The van der Waals surface area contributed by atoms with Crippen LogP contribution in [0.3, 0.4) is 0 Å². The third-order valence-electron chi connectivity index (χ3n) is 5.80. The van der Waals surface area contributed by atoms with Crippen molar-refractivity contribution in [3.05, 3.63) is 72.7 Å². The van der Waals surface area contributed by atoms with Crippen LogP contribution in [-0.2, 0) is 6.54 Å². The zero-order valence-corrected chi connectivity index (χ0v) is 18.3. The number of nitrogens with zero attached hydrogens (tertiary/aromatic N) is 4. The third-order valence-corrected chi connectivity index (χ3v) is 5.80. The zero-order valence-electron chi connectivity index (χ0n) is 18.3. The van der Waals surface area contributed by atoms with Crippen molar-refractivity contribution in [1.82, 2.24) is 14.5 Å². The van der Waals surface area contributed by atoms with Gasteiger partial charge in [0.2, 0.25) is 0 Å². The zero-order chi connectivity index (χ0) is 22.0. The minimum Gasteiger partial charge on any atom is -0.497 e. The van der Waals surface area contributed by atoms with Crippen molar-refractivity contribution in [2.75, 3.05) is 21.2 Å². The number of nitriles is 1. The van der Waals surface area contributed by atoms with E-state index in [1.807, 2.05) is 48.8 Å². The minimum absolute atomic E-state index is 0.375. The van der Waals surface area contributed by atoms with Gasteiger partial charge in [0.1, 0.15) is 5.75 Å². The topological polar surface area (TPSA) is 54.1 Å². The van der Waals surface area contributed by atoms with Crippen LogP contribution in [0.5, 0.6) is 5.75 Å². The summed E-state index contributed by atoms with van der Waals surface area (Å²) in [6, 6.07) is 18.7. The van der Waals surface area contributed by atoms with Crippen LogP contribution in [0.15, 0.2) is 67.1 Å². The lowest BCUT2D eigenvalue weighted by Crippen LogP contribution is -2.28. The first-order chi connectivity index (χ1) is 15.0. The lowest BCUT2D eigenvalue weighted by atomic mass is 10.0. The maximum Gasteiger partial charge on any atom is 0.119 e. The average Bonchev–Trinajstić information content (AvgIpc) is 3.16. The van der Waals surface area contributed by atoms with Gasteiger partial charge in [-0.2, -0.15) is 5.26 Å². The van der Waals surface area contributed by atoms with Gasteiger partial charge >= 0.3 is 0 Å². The number of hydrogen-bond acceptors (Lipinski definition) is 4. The fourth-order valence-corrected chi connectivity index (χ4v) is 3.74. The van der Waals surface area contributed by atoms with Crippen LogP contribution in [0.4, 0.5) is 0 Å². The fourth-order valence-electron chi connectivity index (χ4n) is 3.74. The largest absolute Gasteiger partial charge is 0.497 e. The molecule has 0 saturated carbocycles. The first kappa shape index (κ1) is 20.6. The second-order valence-corrected chi connectivity index (χ2v) is 8.05. The molecule has 0 aliphatic carbocycles. The van der Waals surface area contributed by atoms with E-state index < -0.39 is 0 Å². The Balaban J connectivity index is 1.84. The van der Waals surface area contributed by atoms with E-state index in [1.54, 1.807) is 7.11 Å². The Bertz CT molecular complexity index is 1270. The summed E-state index contributed by atoms with van der Waals surface area (Å²) in [5.74, 6) is 0.816. The number of benzene rings is 2.